The molecule has 2 fully saturated rings. The Morgan fingerprint density at radius 1 is 1.35 bits per heavy atom. The highest BCUT2D eigenvalue weighted by molar-refractivity contribution is 5.88. The molecule has 2 aliphatic rings. The van der Waals surface area contributed by atoms with E-state index in [1.54, 1.807) is 13.1 Å². The number of aliphatic hydroxyl groups is 1. The molecule has 0 unspecified atom stereocenters. The van der Waals surface area contributed by atoms with E-state index in [0.717, 1.165) is 31.6 Å². The molecule has 2 N–H and O–H groups in total. The summed E-state index contributed by atoms with van der Waals surface area (Å²) in [4.78, 5) is 17.0. The number of rotatable bonds is 7. The first-order valence-electron chi connectivity index (χ1n) is 10.0. The number of hydrogen-bond donors (Lipinski definition) is 2. The molecule has 1 aliphatic carbocycles. The Hall–Kier alpha value is -1.44. The smallest absolute Gasteiger partial charge is 0.356 e. The zero-order chi connectivity index (χ0) is 18.4. The number of nitrogens with one attached hydrogen (secondary N) is 1. The second-order valence-corrected chi connectivity index (χ2v) is 7.42. The number of aromatic nitrogens is 2. The van der Waals surface area contributed by atoms with Crippen molar-refractivity contribution in [1.29, 1.82) is 0 Å². The number of aromatic amines is 1. The van der Waals surface area contributed by atoms with Crippen LogP contribution in [0.25, 0.3) is 0 Å². The molecular formula is C19H32N4O3. The second-order valence-electron chi connectivity index (χ2n) is 7.42. The van der Waals surface area contributed by atoms with Gasteiger partial charge in [-0.25, -0.2) is 4.79 Å². The van der Waals surface area contributed by atoms with Gasteiger partial charge in [0.25, 0.3) is 0 Å². The molecule has 1 aliphatic heterocycles. The van der Waals surface area contributed by atoms with Gasteiger partial charge in [0.2, 0.25) is 0 Å². The fourth-order valence-corrected chi connectivity index (χ4v) is 4.43. The minimum Gasteiger partial charge on any atom is -0.461 e. The molecule has 3 rings (SSSR count). The van der Waals surface area contributed by atoms with Gasteiger partial charge in [0.15, 0.2) is 0 Å². The fraction of sp³-hybridized carbons (Fsp3) is 0.789. The van der Waals surface area contributed by atoms with Gasteiger partial charge in [-0.15, -0.1) is 0 Å². The zero-order valence-electron chi connectivity index (χ0n) is 15.8. The van der Waals surface area contributed by atoms with Crippen LogP contribution in [0.15, 0.2) is 6.20 Å². The summed E-state index contributed by atoms with van der Waals surface area (Å²) < 4.78 is 5.10. The summed E-state index contributed by atoms with van der Waals surface area (Å²) in [5, 5.41) is 16.3. The predicted octanol–water partition coefficient (Wildman–Crippen LogP) is 1.79. The molecule has 0 spiro atoms. The molecule has 0 amide bonds. The topological polar surface area (TPSA) is 81.7 Å². The number of carbonyl (C=O) groups is 1. The number of carbonyl (C=O) groups excluding carboxylic acids is 1. The maximum absolute atomic E-state index is 12.0. The molecule has 2 heterocycles. The Bertz CT molecular complexity index is 571. The summed E-state index contributed by atoms with van der Waals surface area (Å²) in [5.74, 6) is -0.340. The Morgan fingerprint density at radius 3 is 2.88 bits per heavy atom. The lowest BCUT2D eigenvalue weighted by Crippen LogP contribution is -2.56. The third-order valence-corrected chi connectivity index (χ3v) is 5.71. The normalized spacial score (nSPS) is 23.2. The molecule has 1 atom stereocenters. The van der Waals surface area contributed by atoms with E-state index in [1.165, 1.54) is 32.1 Å². The molecule has 7 heteroatoms. The van der Waals surface area contributed by atoms with Crippen molar-refractivity contribution in [3.8, 4) is 0 Å². The quantitative estimate of drug-likeness (QED) is 0.718. The lowest BCUT2D eigenvalue weighted by Gasteiger charge is -2.46. The number of hydrogen-bond acceptors (Lipinski definition) is 6. The van der Waals surface area contributed by atoms with Crippen LogP contribution in [0.4, 0.5) is 0 Å². The van der Waals surface area contributed by atoms with Gasteiger partial charge in [-0.05, 0) is 26.2 Å². The monoisotopic (exact) mass is 364 g/mol. The summed E-state index contributed by atoms with van der Waals surface area (Å²) in [6, 6.07) is 1.06. The van der Waals surface area contributed by atoms with E-state index < -0.39 is 0 Å². The molecular weight excluding hydrogens is 332 g/mol. The first-order valence-corrected chi connectivity index (χ1v) is 10.0. The van der Waals surface area contributed by atoms with Crippen molar-refractivity contribution in [2.45, 2.75) is 64.1 Å². The standard InChI is InChI=1S/C19H32N4O3/c1-2-26-19(25)18-15(12-20-21-18)13-22-9-10-23(17(14-22)8-11-24)16-6-4-3-5-7-16/h12,16-17,24H,2-11,13-14H2,1H3,(H,20,21)/t17-/m0/s1. The summed E-state index contributed by atoms with van der Waals surface area (Å²) in [6.07, 6.45) is 9.12. The minimum absolute atomic E-state index is 0.224. The van der Waals surface area contributed by atoms with E-state index in [9.17, 15) is 9.90 Å². The molecule has 0 aromatic carbocycles. The number of piperazine rings is 1. The van der Waals surface area contributed by atoms with E-state index in [2.05, 4.69) is 20.0 Å². The van der Waals surface area contributed by atoms with Crippen molar-refractivity contribution in [3.63, 3.8) is 0 Å². The molecule has 0 bridgehead atoms. The van der Waals surface area contributed by atoms with Crippen LogP contribution in [-0.4, -0.2) is 76.0 Å². The lowest BCUT2D eigenvalue weighted by atomic mass is 9.91. The number of H-pyrrole nitrogens is 1. The summed E-state index contributed by atoms with van der Waals surface area (Å²) in [6.45, 7) is 6.00. The van der Waals surface area contributed by atoms with E-state index in [4.69, 9.17) is 4.74 Å². The maximum atomic E-state index is 12.0. The highest BCUT2D eigenvalue weighted by atomic mass is 16.5. The second kappa shape index (κ2) is 9.48. The van der Waals surface area contributed by atoms with E-state index in [0.29, 0.717) is 30.9 Å². The SMILES string of the molecule is CCOC(=O)c1[nH]ncc1CN1CCN(C2CCCCC2)[C@@H](CCO)C1. The predicted molar refractivity (Wildman–Crippen MR) is 98.9 cm³/mol. The fourth-order valence-electron chi connectivity index (χ4n) is 4.43. The van der Waals surface area contributed by atoms with E-state index in [1.807, 2.05) is 0 Å². The summed E-state index contributed by atoms with van der Waals surface area (Å²) in [5.41, 5.74) is 1.34. The van der Waals surface area contributed by atoms with E-state index in [-0.39, 0.29) is 12.6 Å². The van der Waals surface area contributed by atoms with E-state index >= 15 is 0 Å². The van der Waals surface area contributed by atoms with Gasteiger partial charge in [0, 0.05) is 50.4 Å². The molecule has 26 heavy (non-hydrogen) atoms. The van der Waals surface area contributed by atoms with Crippen LogP contribution >= 0.6 is 0 Å². The average molecular weight is 364 g/mol. The maximum Gasteiger partial charge on any atom is 0.356 e. The van der Waals surface area contributed by atoms with Crippen LogP contribution < -0.4 is 0 Å². The van der Waals surface area contributed by atoms with Gasteiger partial charge in [0.05, 0.1) is 12.8 Å². The third kappa shape index (κ3) is 4.64. The van der Waals surface area contributed by atoms with Crippen molar-refractivity contribution >= 4 is 5.97 Å². The summed E-state index contributed by atoms with van der Waals surface area (Å²) in [7, 11) is 0. The number of ether oxygens (including phenoxy) is 1. The third-order valence-electron chi connectivity index (χ3n) is 5.71. The molecule has 1 aromatic heterocycles. The molecule has 0 radical (unpaired) electrons. The molecule has 7 nitrogen and oxygen atoms in total. The highest BCUT2D eigenvalue weighted by Gasteiger charge is 2.32. The number of esters is 1. The molecule has 1 saturated heterocycles. The van der Waals surface area contributed by atoms with Crippen molar-refractivity contribution in [1.82, 2.24) is 20.0 Å². The number of nitrogens with zero attached hydrogens (tertiary/aromatic N) is 3. The highest BCUT2D eigenvalue weighted by Crippen LogP contribution is 2.27. The minimum atomic E-state index is -0.340. The lowest BCUT2D eigenvalue weighted by molar-refractivity contribution is 0.0135. The zero-order valence-corrected chi connectivity index (χ0v) is 15.8. The van der Waals surface area contributed by atoms with Crippen LogP contribution in [0, 0.1) is 0 Å². The van der Waals surface area contributed by atoms with Crippen molar-refractivity contribution < 1.29 is 14.6 Å². The van der Waals surface area contributed by atoms with Gasteiger partial charge in [-0.3, -0.25) is 14.9 Å². The average Bonchev–Trinajstić information content (AvgIpc) is 3.11. The Morgan fingerprint density at radius 2 is 2.15 bits per heavy atom. The largest absolute Gasteiger partial charge is 0.461 e. The van der Waals surface area contributed by atoms with Crippen molar-refractivity contribution in [2.24, 2.45) is 0 Å². The van der Waals surface area contributed by atoms with Gasteiger partial charge in [-0.1, -0.05) is 19.3 Å². The van der Waals surface area contributed by atoms with Gasteiger partial charge < -0.3 is 9.84 Å². The van der Waals surface area contributed by atoms with Crippen LogP contribution in [0.5, 0.6) is 0 Å². The van der Waals surface area contributed by atoms with Gasteiger partial charge >= 0.3 is 5.97 Å². The van der Waals surface area contributed by atoms with Gasteiger partial charge in [0.1, 0.15) is 5.69 Å². The Balaban J connectivity index is 1.62. The molecule has 146 valence electrons. The Labute approximate surface area is 155 Å². The molecule has 1 aromatic rings. The van der Waals surface area contributed by atoms with Crippen LogP contribution in [0.1, 0.15) is 61.5 Å². The van der Waals surface area contributed by atoms with Crippen LogP contribution in [-0.2, 0) is 11.3 Å². The van der Waals surface area contributed by atoms with Crippen LogP contribution in [0.3, 0.4) is 0 Å². The molecule has 1 saturated carbocycles. The Kier molecular flexibility index (Phi) is 7.05. The first kappa shape index (κ1) is 19.3. The first-order chi connectivity index (χ1) is 12.7. The van der Waals surface area contributed by atoms with Crippen LogP contribution in [0.2, 0.25) is 0 Å². The summed E-state index contributed by atoms with van der Waals surface area (Å²) >= 11 is 0. The van der Waals surface area contributed by atoms with Crippen molar-refractivity contribution in [2.75, 3.05) is 32.8 Å². The number of aliphatic hydroxyl groups excluding tert-OH is 1. The van der Waals surface area contributed by atoms with Crippen molar-refractivity contribution in [3.05, 3.63) is 17.5 Å². The van der Waals surface area contributed by atoms with Gasteiger partial charge in [-0.2, -0.15) is 5.10 Å².